The van der Waals surface area contributed by atoms with E-state index in [2.05, 4.69) is 15.8 Å². The molecule has 1 atom stereocenters. The summed E-state index contributed by atoms with van der Waals surface area (Å²) in [7, 11) is 1.62. The quantitative estimate of drug-likeness (QED) is 0.360. The van der Waals surface area contributed by atoms with Gasteiger partial charge in [0.15, 0.2) is 0 Å². The molecule has 0 aliphatic rings. The summed E-state index contributed by atoms with van der Waals surface area (Å²) in [6.07, 6.45) is 0. The number of rotatable bonds is 9. The van der Waals surface area contributed by atoms with Crippen LogP contribution in [-0.2, 0) is 16.2 Å². The van der Waals surface area contributed by atoms with Crippen LogP contribution in [0, 0.1) is 0 Å². The van der Waals surface area contributed by atoms with E-state index in [0.29, 0.717) is 29.0 Å². The monoisotopic (exact) mass is 297 g/mol. The maximum atomic E-state index is 13.2. The minimum absolute atomic E-state index is 0.00408. The molecular formula is C14H20FN3O3. The Morgan fingerprint density at radius 3 is 2.90 bits per heavy atom. The third kappa shape index (κ3) is 5.03. The number of carbonyl (C=O) groups is 1. The van der Waals surface area contributed by atoms with Crippen LogP contribution < -0.4 is 10.7 Å². The largest absolute Gasteiger partial charge is 0.461 e. The normalized spacial score (nSPS) is 12.7. The van der Waals surface area contributed by atoms with Gasteiger partial charge in [0.1, 0.15) is 19.0 Å². The van der Waals surface area contributed by atoms with Crippen LogP contribution in [0.1, 0.15) is 18.1 Å². The lowest BCUT2D eigenvalue weighted by Crippen LogP contribution is -2.20. The fraction of sp³-hybridized carbons (Fsp3) is 0.429. The minimum Gasteiger partial charge on any atom is -0.461 e. The fourth-order valence-electron chi connectivity index (χ4n) is 1.76. The zero-order valence-electron chi connectivity index (χ0n) is 12.1. The molecule has 1 aromatic rings. The van der Waals surface area contributed by atoms with E-state index in [4.69, 9.17) is 9.84 Å². The first-order valence-corrected chi connectivity index (χ1v) is 6.51. The van der Waals surface area contributed by atoms with Gasteiger partial charge in [-0.2, -0.15) is 5.10 Å². The van der Waals surface area contributed by atoms with Gasteiger partial charge in [0, 0.05) is 29.9 Å². The summed E-state index contributed by atoms with van der Waals surface area (Å²) in [6.45, 7) is 1.42. The Morgan fingerprint density at radius 1 is 1.57 bits per heavy atom. The average Bonchev–Trinajstić information content (AvgIpc) is 2.51. The Balaban J connectivity index is 3.03. The second-order valence-electron chi connectivity index (χ2n) is 4.42. The fourth-order valence-corrected chi connectivity index (χ4v) is 1.76. The molecule has 3 N–H and O–H groups in total. The Morgan fingerprint density at radius 2 is 2.33 bits per heavy atom. The Hall–Kier alpha value is -2.15. The van der Waals surface area contributed by atoms with E-state index in [1.807, 2.05) is 0 Å². The molecule has 0 fully saturated rings. The van der Waals surface area contributed by atoms with Crippen molar-refractivity contribution < 1.29 is 19.0 Å². The van der Waals surface area contributed by atoms with E-state index in [1.54, 1.807) is 32.2 Å². The van der Waals surface area contributed by atoms with Crippen LogP contribution in [0.3, 0.4) is 0 Å². The number of hydrazone groups is 1. The minimum atomic E-state index is -0.657. The lowest BCUT2D eigenvalue weighted by molar-refractivity contribution is -0.127. The molecule has 21 heavy (non-hydrogen) atoms. The molecular weight excluding hydrogens is 277 g/mol. The Kier molecular flexibility index (Phi) is 7.17. The zero-order chi connectivity index (χ0) is 15.7. The highest BCUT2D eigenvalue weighted by Gasteiger charge is 2.11. The predicted octanol–water partition coefficient (Wildman–Crippen LogP) is 1.05. The lowest BCUT2D eigenvalue weighted by Gasteiger charge is -2.16. The van der Waals surface area contributed by atoms with Crippen molar-refractivity contribution in [2.45, 2.75) is 19.6 Å². The molecule has 116 valence electrons. The van der Waals surface area contributed by atoms with Crippen LogP contribution in [0.4, 0.5) is 10.1 Å². The van der Waals surface area contributed by atoms with Crippen LogP contribution >= 0.6 is 0 Å². The van der Waals surface area contributed by atoms with Gasteiger partial charge in [0.2, 0.25) is 0 Å². The molecule has 1 unspecified atom stereocenters. The van der Waals surface area contributed by atoms with Gasteiger partial charge in [-0.25, -0.2) is 4.39 Å². The number of hydrogen-bond acceptors (Lipinski definition) is 6. The summed E-state index contributed by atoms with van der Waals surface area (Å²) in [5.74, 6) is 0. The van der Waals surface area contributed by atoms with Crippen LogP contribution in [0.15, 0.2) is 23.3 Å². The summed E-state index contributed by atoms with van der Waals surface area (Å²) in [6, 6.07) is 4.92. The Bertz CT molecular complexity index is 494. The van der Waals surface area contributed by atoms with Gasteiger partial charge in [0.25, 0.3) is 6.47 Å². The summed E-state index contributed by atoms with van der Waals surface area (Å²) < 4.78 is 17.9. The number of hydrogen-bond donors (Lipinski definition) is 3. The molecule has 7 heteroatoms. The first kappa shape index (κ1) is 16.9. The van der Waals surface area contributed by atoms with Gasteiger partial charge in [-0.1, -0.05) is 6.07 Å². The molecule has 0 spiro atoms. The molecule has 0 amide bonds. The summed E-state index contributed by atoms with van der Waals surface area (Å²) in [5.41, 5.74) is 4.82. The highest BCUT2D eigenvalue weighted by atomic mass is 19.1. The molecule has 6 nitrogen and oxygen atoms in total. The van der Waals surface area contributed by atoms with Gasteiger partial charge >= 0.3 is 0 Å². The highest BCUT2D eigenvalue weighted by Crippen LogP contribution is 2.20. The van der Waals surface area contributed by atoms with Crippen molar-refractivity contribution in [3.63, 3.8) is 0 Å². The van der Waals surface area contributed by atoms with Gasteiger partial charge in [-0.05, 0) is 19.1 Å². The molecule has 0 saturated carbocycles. The number of aliphatic hydroxyl groups is 1. The van der Waals surface area contributed by atoms with E-state index in [0.717, 1.165) is 0 Å². The Labute approximate surface area is 123 Å². The second-order valence-corrected chi connectivity index (χ2v) is 4.42. The standard InChI is InChI=1S/C14H20FN3O3/c1-10(7-19)17-13-4-3-11(5-12(13)6-15)14(18-16-2)8-21-9-20/h3-5,9-10,16-17,19H,6-8H2,1-2H3/b18-14+. The number of aliphatic hydroxyl groups excluding tert-OH is 1. The van der Waals surface area contributed by atoms with Crippen molar-refractivity contribution in [1.29, 1.82) is 0 Å². The van der Waals surface area contributed by atoms with Gasteiger partial charge in [-0.15, -0.1) is 0 Å². The lowest BCUT2D eigenvalue weighted by atomic mass is 10.1. The third-order valence-corrected chi connectivity index (χ3v) is 2.79. The number of anilines is 1. The number of nitrogens with zero attached hydrogens (tertiary/aromatic N) is 1. The first-order valence-electron chi connectivity index (χ1n) is 6.51. The smallest absolute Gasteiger partial charge is 0.293 e. The highest BCUT2D eigenvalue weighted by molar-refractivity contribution is 6.02. The SMILES string of the molecule is CN/N=C(\COC=O)c1ccc(NC(C)CO)c(CF)c1. The predicted molar refractivity (Wildman–Crippen MR) is 79.0 cm³/mol. The van der Waals surface area contributed by atoms with Crippen molar-refractivity contribution >= 4 is 17.9 Å². The van der Waals surface area contributed by atoms with Gasteiger partial charge < -0.3 is 20.6 Å². The maximum absolute atomic E-state index is 13.2. The molecule has 0 aliphatic carbocycles. The van der Waals surface area contributed by atoms with Gasteiger partial charge in [0.05, 0.1) is 6.61 Å². The van der Waals surface area contributed by atoms with E-state index in [9.17, 15) is 9.18 Å². The summed E-state index contributed by atoms with van der Waals surface area (Å²) >= 11 is 0. The van der Waals surface area contributed by atoms with Crippen molar-refractivity contribution in [3.05, 3.63) is 29.3 Å². The summed E-state index contributed by atoms with van der Waals surface area (Å²) in [4.78, 5) is 10.3. The number of halogens is 1. The van der Waals surface area contributed by atoms with Crippen molar-refractivity contribution in [3.8, 4) is 0 Å². The van der Waals surface area contributed by atoms with Crippen molar-refractivity contribution in [2.24, 2.45) is 5.10 Å². The van der Waals surface area contributed by atoms with E-state index < -0.39 is 6.67 Å². The number of carbonyl (C=O) groups excluding carboxylic acids is 1. The second kappa shape index (κ2) is 8.91. The van der Waals surface area contributed by atoms with Crippen LogP contribution in [0.5, 0.6) is 0 Å². The first-order chi connectivity index (χ1) is 10.2. The zero-order valence-corrected chi connectivity index (χ0v) is 12.1. The molecule has 0 radical (unpaired) electrons. The maximum Gasteiger partial charge on any atom is 0.293 e. The molecule has 0 saturated heterocycles. The van der Waals surface area contributed by atoms with E-state index in [1.165, 1.54) is 0 Å². The third-order valence-electron chi connectivity index (χ3n) is 2.79. The van der Waals surface area contributed by atoms with Crippen molar-refractivity contribution in [1.82, 2.24) is 5.43 Å². The topological polar surface area (TPSA) is 83.0 Å². The van der Waals surface area contributed by atoms with Crippen LogP contribution in [-0.4, -0.2) is 43.6 Å². The molecule has 0 aliphatic heterocycles. The molecule has 1 rings (SSSR count). The van der Waals surface area contributed by atoms with E-state index >= 15 is 0 Å². The van der Waals surface area contributed by atoms with Crippen LogP contribution in [0.25, 0.3) is 0 Å². The number of nitrogens with one attached hydrogen (secondary N) is 2. The van der Waals surface area contributed by atoms with Crippen LogP contribution in [0.2, 0.25) is 0 Å². The van der Waals surface area contributed by atoms with Gasteiger partial charge in [-0.3, -0.25) is 4.79 Å². The average molecular weight is 297 g/mol. The van der Waals surface area contributed by atoms with Crippen molar-refractivity contribution in [2.75, 3.05) is 25.6 Å². The molecule has 0 heterocycles. The molecule has 0 aromatic heterocycles. The summed E-state index contributed by atoms with van der Waals surface area (Å²) in [5, 5.41) is 16.1. The number of alkyl halides is 1. The number of ether oxygens (including phenoxy) is 1. The molecule has 1 aromatic carbocycles. The van der Waals surface area contributed by atoms with E-state index in [-0.39, 0.29) is 19.3 Å². The molecule has 0 bridgehead atoms. The number of benzene rings is 1.